The van der Waals surface area contributed by atoms with Crippen molar-refractivity contribution < 1.29 is 0 Å². The summed E-state index contributed by atoms with van der Waals surface area (Å²) in [6.07, 6.45) is 0. The zero-order valence-corrected chi connectivity index (χ0v) is 40.8. The third kappa shape index (κ3) is 5.69. The molecule has 17 rings (SSSR count). The van der Waals surface area contributed by atoms with Crippen LogP contribution < -0.4 is 0 Å². The highest BCUT2D eigenvalue weighted by atomic mass is 15.1. The molecular formula is C70H40N6. The smallest absolute Gasteiger partial charge is 0.165 e. The zero-order chi connectivity index (χ0) is 49.6. The summed E-state index contributed by atoms with van der Waals surface area (Å²) in [4.78, 5) is 23.7. The maximum Gasteiger partial charge on any atom is 0.165 e. The van der Waals surface area contributed by atoms with Gasteiger partial charge in [0, 0.05) is 54.2 Å². The first-order valence-corrected chi connectivity index (χ1v) is 25.9. The molecule has 76 heavy (non-hydrogen) atoms. The van der Waals surface area contributed by atoms with E-state index >= 15 is 0 Å². The predicted molar refractivity (Wildman–Crippen MR) is 317 cm³/mol. The van der Waals surface area contributed by atoms with Crippen molar-refractivity contribution >= 4 is 130 Å². The standard InChI is InChI=1S/C70H40N6/c1-2-20-43-40-44(37-36-41(43)18-1)61-69(73-64-55-31-11-7-25-48(55)46-23-5-9-29-53(46)62(64)71-61)75-59-34-15-13-27-50(59)57-38-39-58-51-28-14-16-35-60(51)76(68(58)67(57)75)70-66(52-33-17-21-42-19-3-4-22-45(42)52)72-63-54-30-10-6-24-47(54)49-26-8-12-32-56(49)65(63)74-70/h1-40H. The Morgan fingerprint density at radius 1 is 0.237 bits per heavy atom. The van der Waals surface area contributed by atoms with Crippen molar-refractivity contribution in [3.8, 4) is 34.2 Å². The van der Waals surface area contributed by atoms with Gasteiger partial charge in [0.25, 0.3) is 0 Å². The van der Waals surface area contributed by atoms with Gasteiger partial charge in [0.15, 0.2) is 11.6 Å². The van der Waals surface area contributed by atoms with E-state index in [1.165, 1.54) is 5.39 Å². The Bertz CT molecular complexity index is 5370. The van der Waals surface area contributed by atoms with Crippen LogP contribution in [0.5, 0.6) is 0 Å². The van der Waals surface area contributed by atoms with E-state index in [-0.39, 0.29) is 0 Å². The fourth-order valence-electron chi connectivity index (χ4n) is 12.7. The Balaban J connectivity index is 1.09. The Hall–Kier alpha value is -10.3. The third-order valence-electron chi connectivity index (χ3n) is 16.0. The van der Waals surface area contributed by atoms with Crippen LogP contribution in [0.3, 0.4) is 0 Å². The number of benzene rings is 13. The minimum Gasteiger partial charge on any atom is -0.290 e. The van der Waals surface area contributed by atoms with Crippen LogP contribution in [-0.4, -0.2) is 29.1 Å². The van der Waals surface area contributed by atoms with Gasteiger partial charge in [0.05, 0.1) is 44.1 Å². The van der Waals surface area contributed by atoms with Crippen LogP contribution in [0.15, 0.2) is 243 Å². The lowest BCUT2D eigenvalue weighted by Gasteiger charge is -2.19. The van der Waals surface area contributed by atoms with Crippen molar-refractivity contribution in [1.29, 1.82) is 0 Å². The average molecular weight is 965 g/mol. The van der Waals surface area contributed by atoms with E-state index < -0.39 is 0 Å². The van der Waals surface area contributed by atoms with E-state index in [1.54, 1.807) is 0 Å². The molecule has 17 aromatic rings. The summed E-state index contributed by atoms with van der Waals surface area (Å²) in [5.41, 5.74) is 11.1. The molecule has 350 valence electrons. The van der Waals surface area contributed by atoms with Crippen molar-refractivity contribution in [2.24, 2.45) is 0 Å². The maximum absolute atomic E-state index is 6.00. The predicted octanol–water partition coefficient (Wildman–Crippen LogP) is 18.0. The Kier molecular flexibility index (Phi) is 8.46. The van der Waals surface area contributed by atoms with Gasteiger partial charge in [-0.15, -0.1) is 0 Å². The lowest BCUT2D eigenvalue weighted by Crippen LogP contribution is -2.07. The van der Waals surface area contributed by atoms with Gasteiger partial charge in [-0.1, -0.05) is 224 Å². The van der Waals surface area contributed by atoms with Crippen molar-refractivity contribution in [1.82, 2.24) is 29.1 Å². The fraction of sp³-hybridized carbons (Fsp3) is 0. The summed E-state index contributed by atoms with van der Waals surface area (Å²) in [7, 11) is 0. The highest BCUT2D eigenvalue weighted by Crippen LogP contribution is 2.46. The first kappa shape index (κ1) is 41.2. The molecule has 6 heteroatoms. The Morgan fingerprint density at radius 3 is 1.14 bits per heavy atom. The molecule has 0 aliphatic rings. The first-order valence-electron chi connectivity index (χ1n) is 25.9. The second kappa shape index (κ2) is 15.6. The molecule has 0 saturated carbocycles. The van der Waals surface area contributed by atoms with E-state index in [0.717, 1.165) is 159 Å². The molecule has 6 nitrogen and oxygen atoms in total. The molecule has 0 radical (unpaired) electrons. The van der Waals surface area contributed by atoms with Crippen molar-refractivity contribution in [3.63, 3.8) is 0 Å². The largest absolute Gasteiger partial charge is 0.290 e. The fourth-order valence-corrected chi connectivity index (χ4v) is 12.7. The number of hydrogen-bond donors (Lipinski definition) is 0. The molecule has 0 atom stereocenters. The van der Waals surface area contributed by atoms with Gasteiger partial charge in [-0.05, 0) is 61.3 Å². The summed E-state index contributed by atoms with van der Waals surface area (Å²) in [6, 6.07) is 87.1. The van der Waals surface area contributed by atoms with Crippen molar-refractivity contribution in [3.05, 3.63) is 243 Å². The van der Waals surface area contributed by atoms with Crippen LogP contribution in [-0.2, 0) is 0 Å². The summed E-state index contributed by atoms with van der Waals surface area (Å²) in [5, 5.41) is 17.8. The molecule has 0 spiro atoms. The maximum atomic E-state index is 6.00. The third-order valence-corrected chi connectivity index (χ3v) is 16.0. The topological polar surface area (TPSA) is 61.4 Å². The minimum atomic E-state index is 0.745. The van der Waals surface area contributed by atoms with Crippen LogP contribution in [0.2, 0.25) is 0 Å². The van der Waals surface area contributed by atoms with Crippen LogP contribution in [0.4, 0.5) is 0 Å². The summed E-state index contributed by atoms with van der Waals surface area (Å²) in [6.45, 7) is 0. The quantitative estimate of drug-likeness (QED) is 0.165. The van der Waals surface area contributed by atoms with Crippen LogP contribution in [0.25, 0.3) is 164 Å². The SMILES string of the molecule is c1ccc2cc(-c3nc4c5ccccc5c5ccccc5c4nc3-n3c4ccccc4c4ccc5c6ccccc6n(-c6nc7c8ccccc8c8ccccc8c7nc6-c6cccc7ccccc67)c5c43)ccc2c1. The summed E-state index contributed by atoms with van der Waals surface area (Å²) >= 11 is 0. The molecule has 0 amide bonds. The van der Waals surface area contributed by atoms with Crippen LogP contribution >= 0.6 is 0 Å². The highest BCUT2D eigenvalue weighted by Gasteiger charge is 2.28. The number of para-hydroxylation sites is 2. The molecule has 4 heterocycles. The number of rotatable bonds is 4. The average Bonchev–Trinajstić information content (AvgIpc) is 4.04. The number of nitrogens with zero attached hydrogens (tertiary/aromatic N) is 6. The van der Waals surface area contributed by atoms with Crippen molar-refractivity contribution in [2.45, 2.75) is 0 Å². The number of hydrogen-bond acceptors (Lipinski definition) is 4. The minimum absolute atomic E-state index is 0.745. The van der Waals surface area contributed by atoms with Crippen molar-refractivity contribution in [2.75, 3.05) is 0 Å². The van der Waals surface area contributed by atoms with Gasteiger partial charge >= 0.3 is 0 Å². The first-order chi connectivity index (χ1) is 37.7. The molecule has 0 saturated heterocycles. The molecule has 0 aliphatic carbocycles. The molecule has 0 aliphatic heterocycles. The molecule has 0 unspecified atom stereocenters. The van der Waals surface area contributed by atoms with Gasteiger partial charge < -0.3 is 0 Å². The molecular weight excluding hydrogens is 925 g/mol. The molecule has 0 N–H and O–H groups in total. The monoisotopic (exact) mass is 964 g/mol. The van der Waals surface area contributed by atoms with Crippen LogP contribution in [0.1, 0.15) is 0 Å². The highest BCUT2D eigenvalue weighted by molar-refractivity contribution is 6.27. The zero-order valence-electron chi connectivity index (χ0n) is 40.8. The Morgan fingerprint density at radius 2 is 0.618 bits per heavy atom. The molecule has 13 aromatic carbocycles. The second-order valence-corrected chi connectivity index (χ2v) is 20.0. The normalized spacial score (nSPS) is 12.2. The van der Waals surface area contributed by atoms with E-state index in [2.05, 4.69) is 252 Å². The van der Waals surface area contributed by atoms with E-state index in [4.69, 9.17) is 19.9 Å². The lowest BCUT2D eigenvalue weighted by atomic mass is 9.98. The molecule has 4 aromatic heterocycles. The molecule has 0 fully saturated rings. The summed E-state index contributed by atoms with van der Waals surface area (Å²) < 4.78 is 4.81. The Labute approximate surface area is 434 Å². The van der Waals surface area contributed by atoms with Gasteiger partial charge in [-0.3, -0.25) is 9.13 Å². The van der Waals surface area contributed by atoms with Gasteiger partial charge in [-0.25, -0.2) is 19.9 Å². The lowest BCUT2D eigenvalue weighted by molar-refractivity contribution is 1.06. The van der Waals surface area contributed by atoms with Gasteiger partial charge in [-0.2, -0.15) is 0 Å². The van der Waals surface area contributed by atoms with Crippen LogP contribution in [0, 0.1) is 0 Å². The van der Waals surface area contributed by atoms with Gasteiger partial charge in [0.1, 0.15) is 11.4 Å². The molecule has 0 bridgehead atoms. The van der Waals surface area contributed by atoms with Gasteiger partial charge in [0.2, 0.25) is 0 Å². The number of fused-ring (bicyclic) bond motifs is 21. The second-order valence-electron chi connectivity index (χ2n) is 20.0. The van der Waals surface area contributed by atoms with E-state index in [1.807, 2.05) is 0 Å². The van der Waals surface area contributed by atoms with E-state index in [0.29, 0.717) is 0 Å². The summed E-state index contributed by atoms with van der Waals surface area (Å²) in [5.74, 6) is 1.49. The van der Waals surface area contributed by atoms with E-state index in [9.17, 15) is 0 Å². The number of aromatic nitrogens is 6.